The van der Waals surface area contributed by atoms with Gasteiger partial charge in [0, 0.05) is 19.5 Å². The zero-order chi connectivity index (χ0) is 18.0. The molecule has 0 spiro atoms. The van der Waals surface area contributed by atoms with Crippen molar-refractivity contribution in [3.63, 3.8) is 0 Å². The number of nitrogens with zero attached hydrogens (tertiary/aromatic N) is 3. The van der Waals surface area contributed by atoms with Crippen molar-refractivity contribution in [2.24, 2.45) is 0 Å². The van der Waals surface area contributed by atoms with E-state index >= 15 is 0 Å². The number of ether oxygens (including phenoxy) is 1. The summed E-state index contributed by atoms with van der Waals surface area (Å²) in [4.78, 5) is 33.5. The Morgan fingerprint density at radius 1 is 1.28 bits per heavy atom. The lowest BCUT2D eigenvalue weighted by Crippen LogP contribution is -2.35. The summed E-state index contributed by atoms with van der Waals surface area (Å²) in [5.74, 6) is -0.732. The Morgan fingerprint density at radius 3 is 2.80 bits per heavy atom. The molecule has 1 atom stereocenters. The molecular weight excluding hydrogens is 342 g/mol. The number of thioether (sulfide) groups is 1. The summed E-state index contributed by atoms with van der Waals surface area (Å²) >= 11 is 1.19. The number of hydrogen-bond donors (Lipinski definition) is 0. The maximum absolute atomic E-state index is 12.0. The van der Waals surface area contributed by atoms with E-state index in [1.54, 1.807) is 21.0 Å². The third kappa shape index (κ3) is 3.58. The minimum absolute atomic E-state index is 0.0220. The van der Waals surface area contributed by atoms with E-state index in [9.17, 15) is 9.59 Å². The van der Waals surface area contributed by atoms with Crippen molar-refractivity contribution in [3.8, 4) is 0 Å². The summed E-state index contributed by atoms with van der Waals surface area (Å²) < 4.78 is 10.9. The summed E-state index contributed by atoms with van der Waals surface area (Å²) in [5, 5.41) is 1.46. The number of esters is 1. The number of carbonyl (C=O) groups excluding carboxylic acids is 2. The average Bonchev–Trinajstić information content (AvgIpc) is 2.98. The predicted molar refractivity (Wildman–Crippen MR) is 94.3 cm³/mol. The third-order valence-corrected chi connectivity index (χ3v) is 4.49. The van der Waals surface area contributed by atoms with Crippen LogP contribution in [0.1, 0.15) is 6.92 Å². The summed E-state index contributed by atoms with van der Waals surface area (Å²) in [6.45, 7) is 1.55. The molecule has 0 unspecified atom stereocenters. The Morgan fingerprint density at radius 2 is 2.04 bits per heavy atom. The highest BCUT2D eigenvalue weighted by molar-refractivity contribution is 8.00. The van der Waals surface area contributed by atoms with Crippen molar-refractivity contribution in [2.45, 2.75) is 18.1 Å². The highest BCUT2D eigenvalue weighted by atomic mass is 32.2. The van der Waals surface area contributed by atoms with Crippen LogP contribution >= 0.6 is 11.8 Å². The quantitative estimate of drug-likeness (QED) is 0.393. The monoisotopic (exact) mass is 359 g/mol. The molecule has 25 heavy (non-hydrogen) atoms. The Labute approximate surface area is 148 Å². The van der Waals surface area contributed by atoms with E-state index in [1.807, 2.05) is 24.3 Å². The Balaban J connectivity index is 1.73. The molecule has 0 aliphatic carbocycles. The van der Waals surface area contributed by atoms with Crippen molar-refractivity contribution in [1.29, 1.82) is 0 Å². The first-order chi connectivity index (χ1) is 12.0. The molecule has 0 N–H and O–H groups in total. The second-order valence-electron chi connectivity index (χ2n) is 5.61. The van der Waals surface area contributed by atoms with Crippen LogP contribution in [0.3, 0.4) is 0 Å². The molecule has 8 heteroatoms. The minimum atomic E-state index is -0.820. The van der Waals surface area contributed by atoms with Gasteiger partial charge >= 0.3 is 5.97 Å². The topological polar surface area (TPSA) is 85.5 Å². The normalized spacial score (nSPS) is 12.3. The predicted octanol–water partition coefficient (Wildman–Crippen LogP) is 2.49. The molecule has 3 aromatic rings. The van der Waals surface area contributed by atoms with Gasteiger partial charge in [-0.05, 0) is 19.1 Å². The molecule has 0 bridgehead atoms. The first-order valence-electron chi connectivity index (χ1n) is 7.63. The number of benzene rings is 1. The van der Waals surface area contributed by atoms with E-state index < -0.39 is 12.1 Å². The largest absolute Gasteiger partial charge is 0.452 e. The van der Waals surface area contributed by atoms with Gasteiger partial charge in [-0.15, -0.1) is 0 Å². The van der Waals surface area contributed by atoms with Gasteiger partial charge in [0.05, 0.1) is 5.75 Å². The summed E-state index contributed by atoms with van der Waals surface area (Å²) in [6, 6.07) is 7.57. The second-order valence-corrected chi connectivity index (χ2v) is 6.57. The third-order valence-electron chi connectivity index (χ3n) is 3.55. The molecule has 0 fully saturated rings. The maximum Gasteiger partial charge on any atom is 0.317 e. The van der Waals surface area contributed by atoms with Crippen LogP contribution in [0, 0.1) is 0 Å². The van der Waals surface area contributed by atoms with Gasteiger partial charge in [-0.2, -0.15) is 0 Å². The van der Waals surface area contributed by atoms with Crippen LogP contribution in [0.25, 0.3) is 22.1 Å². The first kappa shape index (κ1) is 17.2. The molecular formula is C17H17N3O4S. The number of fused-ring (bicyclic) bond motifs is 3. The molecule has 1 amide bonds. The SMILES string of the molecule is C[C@H](OC(=O)CSc1ncnc2c1oc1ccccc12)C(=O)N(C)C. The van der Waals surface area contributed by atoms with Crippen molar-refractivity contribution in [2.75, 3.05) is 19.8 Å². The average molecular weight is 359 g/mol. The van der Waals surface area contributed by atoms with Crippen LogP contribution in [0.5, 0.6) is 0 Å². The van der Waals surface area contributed by atoms with E-state index in [0.29, 0.717) is 21.7 Å². The lowest BCUT2D eigenvalue weighted by Gasteiger charge is -2.16. The highest BCUT2D eigenvalue weighted by Gasteiger charge is 2.20. The summed E-state index contributed by atoms with van der Waals surface area (Å²) in [5.41, 5.74) is 1.96. The molecule has 3 rings (SSSR count). The molecule has 7 nitrogen and oxygen atoms in total. The van der Waals surface area contributed by atoms with E-state index in [4.69, 9.17) is 9.15 Å². The lowest BCUT2D eigenvalue weighted by atomic mass is 10.2. The molecule has 0 aliphatic rings. The maximum atomic E-state index is 12.0. The smallest absolute Gasteiger partial charge is 0.317 e. The van der Waals surface area contributed by atoms with E-state index in [0.717, 1.165) is 5.39 Å². The van der Waals surface area contributed by atoms with Crippen molar-refractivity contribution in [1.82, 2.24) is 14.9 Å². The molecule has 0 radical (unpaired) electrons. The highest BCUT2D eigenvalue weighted by Crippen LogP contribution is 2.32. The Hall–Kier alpha value is -2.61. The number of rotatable bonds is 5. The zero-order valence-electron chi connectivity index (χ0n) is 14.1. The molecule has 0 saturated heterocycles. The number of likely N-dealkylation sites (N-methyl/N-ethyl adjacent to an activating group) is 1. The second kappa shape index (κ2) is 7.10. The van der Waals surface area contributed by atoms with Gasteiger partial charge in [0.1, 0.15) is 22.5 Å². The van der Waals surface area contributed by atoms with Crippen LogP contribution in [-0.2, 0) is 14.3 Å². The molecule has 2 heterocycles. The van der Waals surface area contributed by atoms with Crippen LogP contribution in [0.2, 0.25) is 0 Å². The van der Waals surface area contributed by atoms with E-state index in [-0.39, 0.29) is 11.7 Å². The molecule has 130 valence electrons. The van der Waals surface area contributed by atoms with Gasteiger partial charge in [0.15, 0.2) is 11.7 Å². The van der Waals surface area contributed by atoms with Gasteiger partial charge in [-0.3, -0.25) is 9.59 Å². The van der Waals surface area contributed by atoms with Gasteiger partial charge < -0.3 is 14.1 Å². The van der Waals surface area contributed by atoms with Crippen LogP contribution in [0.4, 0.5) is 0 Å². The number of para-hydroxylation sites is 1. The van der Waals surface area contributed by atoms with E-state index in [2.05, 4.69) is 9.97 Å². The molecule has 0 aliphatic heterocycles. The van der Waals surface area contributed by atoms with Crippen LogP contribution < -0.4 is 0 Å². The van der Waals surface area contributed by atoms with Crippen LogP contribution in [0.15, 0.2) is 40.0 Å². The fourth-order valence-corrected chi connectivity index (χ4v) is 3.09. The fourth-order valence-electron chi connectivity index (χ4n) is 2.38. The number of carbonyl (C=O) groups is 2. The lowest BCUT2D eigenvalue weighted by molar-refractivity contribution is -0.155. The summed E-state index contributed by atoms with van der Waals surface area (Å²) in [6.07, 6.45) is 0.621. The molecule has 2 aromatic heterocycles. The van der Waals surface area contributed by atoms with Crippen molar-refractivity contribution >= 4 is 45.7 Å². The number of hydrogen-bond acceptors (Lipinski definition) is 7. The minimum Gasteiger partial charge on any atom is -0.452 e. The van der Waals surface area contributed by atoms with Gasteiger partial charge in [-0.1, -0.05) is 23.9 Å². The van der Waals surface area contributed by atoms with E-state index in [1.165, 1.54) is 23.0 Å². The number of furan rings is 1. The molecule has 0 saturated carbocycles. The van der Waals surface area contributed by atoms with Crippen LogP contribution in [-0.4, -0.2) is 52.7 Å². The van der Waals surface area contributed by atoms with Crippen molar-refractivity contribution < 1.29 is 18.7 Å². The van der Waals surface area contributed by atoms with Crippen molar-refractivity contribution in [3.05, 3.63) is 30.6 Å². The fraction of sp³-hybridized carbons (Fsp3) is 0.294. The zero-order valence-corrected chi connectivity index (χ0v) is 14.9. The summed E-state index contributed by atoms with van der Waals surface area (Å²) in [7, 11) is 3.22. The van der Waals surface area contributed by atoms with Gasteiger partial charge in [0.25, 0.3) is 5.91 Å². The van der Waals surface area contributed by atoms with Gasteiger partial charge in [0.2, 0.25) is 0 Å². The molecule has 1 aromatic carbocycles. The number of aromatic nitrogens is 2. The van der Waals surface area contributed by atoms with Gasteiger partial charge in [-0.25, -0.2) is 9.97 Å². The Bertz CT molecular complexity index is 938. The number of amides is 1. The standard InChI is InChI=1S/C17H17N3O4S/c1-10(17(22)20(2)3)23-13(21)8-25-16-15-14(18-9-19-16)11-6-4-5-7-12(11)24-15/h4-7,9-10H,8H2,1-3H3/t10-/m0/s1. The first-order valence-corrected chi connectivity index (χ1v) is 8.61. The Kier molecular flexibility index (Phi) is 4.89.